The molecule has 1 amide bonds. The van der Waals surface area contributed by atoms with Crippen molar-refractivity contribution in [3.05, 3.63) is 77.2 Å². The number of hydrogen-bond donors (Lipinski definition) is 1. The van der Waals surface area contributed by atoms with Crippen LogP contribution in [-0.4, -0.2) is 40.1 Å². The number of fused-ring (bicyclic) bond motifs is 1. The van der Waals surface area contributed by atoms with Crippen LogP contribution in [0.4, 0.5) is 0 Å². The molecule has 0 aliphatic carbocycles. The number of para-hydroxylation sites is 2. The van der Waals surface area contributed by atoms with E-state index in [0.29, 0.717) is 31.0 Å². The Morgan fingerprint density at radius 2 is 1.86 bits per heavy atom. The summed E-state index contributed by atoms with van der Waals surface area (Å²) in [5.41, 5.74) is 2.34. The Morgan fingerprint density at radius 1 is 1.14 bits per heavy atom. The van der Waals surface area contributed by atoms with E-state index in [-0.39, 0.29) is 17.6 Å². The molecule has 1 saturated heterocycles. The maximum absolute atomic E-state index is 12.8. The lowest BCUT2D eigenvalue weighted by atomic mass is 10.0. The van der Waals surface area contributed by atoms with E-state index in [1.807, 2.05) is 33.7 Å². The zero-order valence-corrected chi connectivity index (χ0v) is 15.6. The van der Waals surface area contributed by atoms with Crippen molar-refractivity contribution in [3.8, 4) is 5.75 Å². The first-order valence-electron chi connectivity index (χ1n) is 9.49. The predicted octanol–water partition coefficient (Wildman–Crippen LogP) is 3.37. The lowest BCUT2D eigenvalue weighted by Crippen LogP contribution is -2.40. The minimum absolute atomic E-state index is 0.0139. The molecule has 1 aromatic heterocycles. The quantitative estimate of drug-likeness (QED) is 0.693. The van der Waals surface area contributed by atoms with Gasteiger partial charge in [-0.2, -0.15) is 0 Å². The van der Waals surface area contributed by atoms with Crippen LogP contribution in [0.15, 0.2) is 66.0 Å². The van der Waals surface area contributed by atoms with E-state index in [0.717, 1.165) is 23.9 Å². The normalized spacial score (nSPS) is 14.9. The van der Waals surface area contributed by atoms with Gasteiger partial charge in [-0.3, -0.25) is 9.36 Å². The van der Waals surface area contributed by atoms with Crippen molar-refractivity contribution in [1.82, 2.24) is 14.5 Å². The molecule has 0 bridgehead atoms. The zero-order valence-electron chi connectivity index (χ0n) is 15.6. The maximum Gasteiger partial charge on any atom is 0.326 e. The van der Waals surface area contributed by atoms with Crippen molar-refractivity contribution in [2.75, 3.05) is 19.7 Å². The number of aromatic nitrogens is 2. The summed E-state index contributed by atoms with van der Waals surface area (Å²) in [5, 5.41) is 0. The van der Waals surface area contributed by atoms with E-state index in [4.69, 9.17) is 4.74 Å². The number of carbonyl (C=O) groups is 1. The zero-order chi connectivity index (χ0) is 19.5. The van der Waals surface area contributed by atoms with Gasteiger partial charge in [-0.05, 0) is 49.2 Å². The fourth-order valence-corrected chi connectivity index (χ4v) is 3.80. The van der Waals surface area contributed by atoms with E-state index in [9.17, 15) is 9.59 Å². The van der Waals surface area contributed by atoms with Crippen LogP contribution in [0.1, 0.15) is 29.2 Å². The molecule has 28 heavy (non-hydrogen) atoms. The summed E-state index contributed by atoms with van der Waals surface area (Å²) in [5.74, 6) is 0.730. The molecule has 1 fully saturated rings. The summed E-state index contributed by atoms with van der Waals surface area (Å²) in [4.78, 5) is 30.0. The molecule has 6 nitrogen and oxygen atoms in total. The Labute approximate surface area is 163 Å². The molecule has 2 heterocycles. The van der Waals surface area contributed by atoms with Gasteiger partial charge in [0.05, 0.1) is 11.0 Å². The second kappa shape index (κ2) is 7.76. The van der Waals surface area contributed by atoms with Gasteiger partial charge in [0, 0.05) is 24.7 Å². The fourth-order valence-electron chi connectivity index (χ4n) is 3.80. The first kappa shape index (κ1) is 18.1. The third-order valence-corrected chi connectivity index (χ3v) is 5.21. The van der Waals surface area contributed by atoms with Crippen molar-refractivity contribution >= 4 is 16.9 Å². The van der Waals surface area contributed by atoms with Crippen molar-refractivity contribution in [3.63, 3.8) is 0 Å². The number of ether oxygens (including phenoxy) is 1. The monoisotopic (exact) mass is 377 g/mol. The van der Waals surface area contributed by atoms with Crippen LogP contribution in [0.5, 0.6) is 5.75 Å². The number of aromatic amines is 1. The smallest absolute Gasteiger partial charge is 0.326 e. The molecule has 1 aliphatic heterocycles. The number of rotatable bonds is 5. The Balaban J connectivity index is 1.43. The predicted molar refractivity (Wildman–Crippen MR) is 109 cm³/mol. The highest BCUT2D eigenvalue weighted by atomic mass is 16.5. The number of benzene rings is 2. The topological polar surface area (TPSA) is 67.3 Å². The fraction of sp³-hybridized carbons (Fsp3) is 0.273. The van der Waals surface area contributed by atoms with Gasteiger partial charge in [-0.1, -0.05) is 24.8 Å². The summed E-state index contributed by atoms with van der Waals surface area (Å²) in [6, 6.07) is 15.0. The molecule has 0 saturated carbocycles. The summed E-state index contributed by atoms with van der Waals surface area (Å²) in [6.07, 6.45) is 3.20. The number of amides is 1. The van der Waals surface area contributed by atoms with Gasteiger partial charge in [0.1, 0.15) is 12.4 Å². The largest absolute Gasteiger partial charge is 0.490 e. The highest BCUT2D eigenvalue weighted by Crippen LogP contribution is 2.26. The number of piperidine rings is 1. The van der Waals surface area contributed by atoms with Crippen molar-refractivity contribution in [2.45, 2.75) is 18.9 Å². The number of nitrogens with one attached hydrogen (secondary N) is 1. The molecule has 6 heteroatoms. The van der Waals surface area contributed by atoms with E-state index in [2.05, 4.69) is 11.6 Å². The Morgan fingerprint density at radius 3 is 2.57 bits per heavy atom. The van der Waals surface area contributed by atoms with Gasteiger partial charge in [0.2, 0.25) is 0 Å². The van der Waals surface area contributed by atoms with Crippen molar-refractivity contribution < 1.29 is 9.53 Å². The maximum atomic E-state index is 12.8. The van der Waals surface area contributed by atoms with Crippen LogP contribution in [0.25, 0.3) is 11.0 Å². The average Bonchev–Trinajstić information content (AvgIpc) is 3.08. The molecule has 1 N–H and O–H groups in total. The van der Waals surface area contributed by atoms with E-state index in [1.54, 1.807) is 30.3 Å². The van der Waals surface area contributed by atoms with E-state index in [1.165, 1.54) is 0 Å². The van der Waals surface area contributed by atoms with E-state index >= 15 is 0 Å². The first-order chi connectivity index (χ1) is 13.7. The number of carbonyl (C=O) groups excluding carboxylic acids is 1. The third kappa shape index (κ3) is 3.45. The summed E-state index contributed by atoms with van der Waals surface area (Å²) in [6.45, 7) is 5.32. The van der Waals surface area contributed by atoms with Crippen LogP contribution in [-0.2, 0) is 0 Å². The first-order valence-corrected chi connectivity index (χ1v) is 9.49. The highest BCUT2D eigenvalue weighted by Gasteiger charge is 2.26. The van der Waals surface area contributed by atoms with Crippen LogP contribution in [0.2, 0.25) is 0 Å². The average molecular weight is 377 g/mol. The molecule has 2 aromatic carbocycles. The van der Waals surface area contributed by atoms with Gasteiger partial charge in [-0.25, -0.2) is 4.79 Å². The van der Waals surface area contributed by atoms with Crippen LogP contribution in [0, 0.1) is 0 Å². The molecular formula is C22H23N3O3. The molecule has 0 spiro atoms. The second-order valence-corrected chi connectivity index (χ2v) is 6.96. The van der Waals surface area contributed by atoms with Gasteiger partial charge in [-0.15, -0.1) is 0 Å². The number of imidazole rings is 1. The number of likely N-dealkylation sites (tertiary alicyclic amines) is 1. The Bertz CT molecular complexity index is 1040. The molecule has 4 rings (SSSR count). The van der Waals surface area contributed by atoms with Crippen LogP contribution in [0.3, 0.4) is 0 Å². The highest BCUT2D eigenvalue weighted by molar-refractivity contribution is 5.94. The number of H-pyrrole nitrogens is 1. The Hall–Kier alpha value is -3.28. The van der Waals surface area contributed by atoms with Crippen LogP contribution < -0.4 is 10.4 Å². The van der Waals surface area contributed by atoms with Crippen LogP contribution >= 0.6 is 0 Å². The second-order valence-electron chi connectivity index (χ2n) is 6.96. The summed E-state index contributed by atoms with van der Waals surface area (Å²) < 4.78 is 7.30. The SMILES string of the molecule is C=CCOc1ccc(C(=O)N2CCC(n3c(=O)[nH]c4ccccc43)CC2)cc1. The standard InChI is InChI=1S/C22H23N3O3/c1-2-15-28-18-9-7-16(8-10-18)21(26)24-13-11-17(12-14-24)25-20-6-4-3-5-19(20)23-22(25)27/h2-10,17H,1,11-15H2,(H,23,27). The van der Waals surface area contributed by atoms with Crippen molar-refractivity contribution in [2.24, 2.45) is 0 Å². The van der Waals surface area contributed by atoms with E-state index < -0.39 is 0 Å². The van der Waals surface area contributed by atoms with Gasteiger partial charge in [0.25, 0.3) is 5.91 Å². The lowest BCUT2D eigenvalue weighted by molar-refractivity contribution is 0.0695. The molecule has 1 aliphatic rings. The molecule has 0 atom stereocenters. The number of hydrogen-bond acceptors (Lipinski definition) is 3. The van der Waals surface area contributed by atoms with Gasteiger partial charge >= 0.3 is 5.69 Å². The Kier molecular flexibility index (Phi) is 5.02. The minimum atomic E-state index is -0.0823. The number of nitrogens with zero attached hydrogens (tertiary/aromatic N) is 2. The summed E-state index contributed by atoms with van der Waals surface area (Å²) >= 11 is 0. The molecule has 144 valence electrons. The minimum Gasteiger partial charge on any atom is -0.490 e. The van der Waals surface area contributed by atoms with Gasteiger partial charge < -0.3 is 14.6 Å². The molecule has 0 unspecified atom stereocenters. The third-order valence-electron chi connectivity index (χ3n) is 5.21. The summed E-state index contributed by atoms with van der Waals surface area (Å²) in [7, 11) is 0. The van der Waals surface area contributed by atoms with Gasteiger partial charge in [0.15, 0.2) is 0 Å². The van der Waals surface area contributed by atoms with Crippen molar-refractivity contribution in [1.29, 1.82) is 0 Å². The molecule has 0 radical (unpaired) electrons. The lowest BCUT2D eigenvalue weighted by Gasteiger charge is -2.32. The molecular weight excluding hydrogens is 354 g/mol. The molecule has 3 aromatic rings.